The van der Waals surface area contributed by atoms with E-state index < -0.39 is 6.10 Å². The average Bonchev–Trinajstić information content (AvgIpc) is 2.35. The summed E-state index contributed by atoms with van der Waals surface area (Å²) in [7, 11) is 0. The van der Waals surface area contributed by atoms with Crippen LogP contribution in [0.2, 0.25) is 0 Å². The molecular weight excluding hydrogens is 248 g/mol. The summed E-state index contributed by atoms with van der Waals surface area (Å²) in [6.07, 6.45) is 3.16. The van der Waals surface area contributed by atoms with Crippen LogP contribution < -0.4 is 0 Å². The molecule has 5 atom stereocenters. The van der Waals surface area contributed by atoms with E-state index in [2.05, 4.69) is 20.4 Å². The lowest BCUT2D eigenvalue weighted by molar-refractivity contribution is -0.151. The maximum atomic E-state index is 12.4. The number of ketones is 1. The highest BCUT2D eigenvalue weighted by atomic mass is 35.5. The van der Waals surface area contributed by atoms with Crippen LogP contribution in [-0.2, 0) is 4.79 Å². The fraction of sp³-hybridized carbons (Fsp3) is 0.800. The van der Waals surface area contributed by atoms with Crippen molar-refractivity contribution >= 4 is 17.4 Å². The Hall–Kier alpha value is -0.340. The van der Waals surface area contributed by atoms with Crippen molar-refractivity contribution in [3.05, 3.63) is 12.2 Å². The highest BCUT2D eigenvalue weighted by Gasteiger charge is 2.53. The molecule has 0 saturated heterocycles. The van der Waals surface area contributed by atoms with Crippen LogP contribution in [0.4, 0.5) is 0 Å². The van der Waals surface area contributed by atoms with Gasteiger partial charge in [-0.3, -0.25) is 4.79 Å². The first kappa shape index (κ1) is 14.1. The van der Waals surface area contributed by atoms with E-state index in [1.165, 1.54) is 6.42 Å². The van der Waals surface area contributed by atoms with Crippen molar-refractivity contribution in [2.75, 3.05) is 5.88 Å². The van der Waals surface area contributed by atoms with Gasteiger partial charge in [0, 0.05) is 17.7 Å². The summed E-state index contributed by atoms with van der Waals surface area (Å²) >= 11 is 5.83. The summed E-state index contributed by atoms with van der Waals surface area (Å²) in [6.45, 7) is 8.37. The SMILES string of the molecule is C=C(CCl)C1CC2(C)C(C)CCCC2C(=O)C1O. The predicted molar refractivity (Wildman–Crippen MR) is 73.6 cm³/mol. The number of aliphatic hydroxyl groups excluding tert-OH is 1. The molecule has 2 saturated carbocycles. The molecule has 2 aliphatic carbocycles. The van der Waals surface area contributed by atoms with Gasteiger partial charge in [-0.15, -0.1) is 11.6 Å². The summed E-state index contributed by atoms with van der Waals surface area (Å²) in [5, 5.41) is 10.2. The first-order valence-corrected chi connectivity index (χ1v) is 7.40. The molecule has 2 aliphatic rings. The molecule has 0 amide bonds. The van der Waals surface area contributed by atoms with Crippen LogP contribution in [-0.4, -0.2) is 22.9 Å². The number of aliphatic hydroxyl groups is 1. The number of carbonyl (C=O) groups excluding carboxylic acids is 1. The van der Waals surface area contributed by atoms with E-state index in [9.17, 15) is 9.90 Å². The van der Waals surface area contributed by atoms with Crippen molar-refractivity contribution in [3.8, 4) is 0 Å². The summed E-state index contributed by atoms with van der Waals surface area (Å²) in [5.41, 5.74) is 0.809. The third-order valence-electron chi connectivity index (χ3n) is 5.42. The van der Waals surface area contributed by atoms with Crippen molar-refractivity contribution < 1.29 is 9.90 Å². The Morgan fingerprint density at radius 1 is 1.56 bits per heavy atom. The third kappa shape index (κ3) is 2.04. The zero-order valence-electron chi connectivity index (χ0n) is 11.3. The molecule has 0 heterocycles. The van der Waals surface area contributed by atoms with E-state index in [-0.39, 0.29) is 23.0 Å². The van der Waals surface area contributed by atoms with Gasteiger partial charge in [0.1, 0.15) is 6.10 Å². The number of halogens is 1. The minimum atomic E-state index is -0.889. The van der Waals surface area contributed by atoms with E-state index in [0.29, 0.717) is 11.8 Å². The largest absolute Gasteiger partial charge is 0.385 e. The number of carbonyl (C=O) groups is 1. The maximum absolute atomic E-state index is 12.4. The molecule has 1 N–H and O–H groups in total. The number of rotatable bonds is 2. The number of hydrogen-bond acceptors (Lipinski definition) is 2. The summed E-state index contributed by atoms with van der Waals surface area (Å²) in [4.78, 5) is 12.4. The van der Waals surface area contributed by atoms with Crippen molar-refractivity contribution in [3.63, 3.8) is 0 Å². The third-order valence-corrected chi connectivity index (χ3v) is 5.77. The second kappa shape index (κ2) is 4.97. The van der Waals surface area contributed by atoms with Crippen LogP contribution in [0, 0.1) is 23.2 Å². The summed E-state index contributed by atoms with van der Waals surface area (Å²) < 4.78 is 0. The lowest BCUT2D eigenvalue weighted by Gasteiger charge is -2.52. The van der Waals surface area contributed by atoms with Gasteiger partial charge in [0.25, 0.3) is 0 Å². The Kier molecular flexibility index (Phi) is 3.89. The standard InChI is InChI=1S/C15H23ClO2/c1-9(8-16)11-7-15(3)10(2)5-4-6-12(15)14(18)13(11)17/h10-13,17H,1,4-8H2,2-3H3. The van der Waals surface area contributed by atoms with Crippen molar-refractivity contribution in [2.24, 2.45) is 23.2 Å². The van der Waals surface area contributed by atoms with Crippen molar-refractivity contribution in [1.82, 2.24) is 0 Å². The van der Waals surface area contributed by atoms with E-state index in [4.69, 9.17) is 11.6 Å². The molecule has 3 heteroatoms. The van der Waals surface area contributed by atoms with Crippen molar-refractivity contribution in [1.29, 1.82) is 0 Å². The van der Waals surface area contributed by atoms with Gasteiger partial charge >= 0.3 is 0 Å². The molecule has 0 aliphatic heterocycles. The Morgan fingerprint density at radius 2 is 2.22 bits per heavy atom. The molecule has 18 heavy (non-hydrogen) atoms. The van der Waals surface area contributed by atoms with Gasteiger partial charge in [-0.05, 0) is 24.2 Å². The fourth-order valence-corrected chi connectivity index (χ4v) is 4.10. The van der Waals surface area contributed by atoms with Crippen LogP contribution in [0.1, 0.15) is 39.5 Å². The summed E-state index contributed by atoms with van der Waals surface area (Å²) in [6, 6.07) is 0. The summed E-state index contributed by atoms with van der Waals surface area (Å²) in [5.74, 6) is 0.738. The Labute approximate surface area is 114 Å². The Bertz CT molecular complexity index is 366. The van der Waals surface area contributed by atoms with E-state index in [1.54, 1.807) is 0 Å². The first-order valence-electron chi connectivity index (χ1n) is 6.87. The smallest absolute Gasteiger partial charge is 0.165 e. The fourth-order valence-electron chi connectivity index (χ4n) is 3.90. The lowest BCUT2D eigenvalue weighted by Crippen LogP contribution is -2.54. The number of hydrogen-bond donors (Lipinski definition) is 1. The molecule has 2 rings (SSSR count). The minimum Gasteiger partial charge on any atom is -0.385 e. The number of Topliss-reactive ketones (excluding diaryl/α,β-unsaturated/α-hetero) is 1. The molecule has 0 spiro atoms. The molecule has 0 aromatic rings. The molecule has 0 bridgehead atoms. The van der Waals surface area contributed by atoms with Gasteiger partial charge in [-0.25, -0.2) is 0 Å². The van der Waals surface area contributed by atoms with Crippen LogP contribution in [0.25, 0.3) is 0 Å². The monoisotopic (exact) mass is 270 g/mol. The Balaban J connectivity index is 2.31. The van der Waals surface area contributed by atoms with Crippen LogP contribution >= 0.6 is 11.6 Å². The first-order chi connectivity index (χ1) is 8.41. The lowest BCUT2D eigenvalue weighted by atomic mass is 9.52. The normalized spacial score (nSPS) is 44.6. The molecule has 102 valence electrons. The zero-order valence-corrected chi connectivity index (χ0v) is 12.0. The molecule has 0 radical (unpaired) electrons. The van der Waals surface area contributed by atoms with Gasteiger partial charge in [-0.2, -0.15) is 0 Å². The topological polar surface area (TPSA) is 37.3 Å². The highest BCUT2D eigenvalue weighted by molar-refractivity contribution is 6.19. The molecule has 5 unspecified atom stereocenters. The molecular formula is C15H23ClO2. The van der Waals surface area contributed by atoms with Gasteiger partial charge in [-0.1, -0.05) is 38.8 Å². The Morgan fingerprint density at radius 3 is 2.83 bits per heavy atom. The van der Waals surface area contributed by atoms with Gasteiger partial charge in [0.2, 0.25) is 0 Å². The zero-order chi connectivity index (χ0) is 13.5. The maximum Gasteiger partial charge on any atom is 0.165 e. The van der Waals surface area contributed by atoms with Crippen LogP contribution in [0.15, 0.2) is 12.2 Å². The van der Waals surface area contributed by atoms with Crippen molar-refractivity contribution in [2.45, 2.75) is 45.6 Å². The molecule has 0 aromatic carbocycles. The van der Waals surface area contributed by atoms with Gasteiger partial charge in [0.05, 0.1) is 0 Å². The van der Waals surface area contributed by atoms with E-state index >= 15 is 0 Å². The minimum absolute atomic E-state index is 0.00816. The van der Waals surface area contributed by atoms with Crippen LogP contribution in [0.3, 0.4) is 0 Å². The predicted octanol–water partition coefficient (Wildman–Crippen LogP) is 3.17. The molecule has 2 nitrogen and oxygen atoms in total. The molecule has 2 fully saturated rings. The van der Waals surface area contributed by atoms with E-state index in [1.807, 2.05) is 0 Å². The second-order valence-corrected chi connectivity index (χ2v) is 6.61. The number of fused-ring (bicyclic) bond motifs is 1. The van der Waals surface area contributed by atoms with E-state index in [0.717, 1.165) is 24.8 Å². The second-order valence-electron chi connectivity index (χ2n) is 6.34. The van der Waals surface area contributed by atoms with Crippen LogP contribution in [0.5, 0.6) is 0 Å². The number of alkyl halides is 1. The molecule has 0 aromatic heterocycles. The van der Waals surface area contributed by atoms with Gasteiger partial charge < -0.3 is 5.11 Å². The quantitative estimate of drug-likeness (QED) is 0.618. The highest BCUT2D eigenvalue weighted by Crippen LogP contribution is 2.54. The average molecular weight is 271 g/mol. The van der Waals surface area contributed by atoms with Gasteiger partial charge in [0.15, 0.2) is 5.78 Å².